The highest BCUT2D eigenvalue weighted by molar-refractivity contribution is 7.87. The SMILES string of the molecule is COC(=O)CCS(=O)c1cc2ccccc2s1. The fourth-order valence-electron chi connectivity index (χ4n) is 1.45. The van der Waals surface area contributed by atoms with Crippen LogP contribution in [0.4, 0.5) is 0 Å². The van der Waals surface area contributed by atoms with Crippen LogP contribution in [-0.4, -0.2) is 23.0 Å². The van der Waals surface area contributed by atoms with Crippen LogP contribution >= 0.6 is 11.3 Å². The second-order valence-corrected chi connectivity index (χ2v) is 6.36. The van der Waals surface area contributed by atoms with Gasteiger partial charge in [0.15, 0.2) is 0 Å². The number of fused-ring (bicyclic) bond motifs is 1. The van der Waals surface area contributed by atoms with Crippen molar-refractivity contribution in [1.29, 1.82) is 0 Å². The number of carbonyl (C=O) groups excluding carboxylic acids is 1. The smallest absolute Gasteiger partial charge is 0.306 e. The van der Waals surface area contributed by atoms with Gasteiger partial charge in [-0.3, -0.25) is 9.00 Å². The van der Waals surface area contributed by atoms with Gasteiger partial charge in [-0.2, -0.15) is 0 Å². The predicted molar refractivity (Wildman–Crippen MR) is 69.7 cm³/mol. The van der Waals surface area contributed by atoms with Crippen molar-refractivity contribution in [3.8, 4) is 0 Å². The molecule has 0 spiro atoms. The number of carbonyl (C=O) groups is 1. The molecule has 1 heterocycles. The van der Waals surface area contributed by atoms with Crippen molar-refractivity contribution in [2.24, 2.45) is 0 Å². The molecule has 17 heavy (non-hydrogen) atoms. The Balaban J connectivity index is 2.11. The van der Waals surface area contributed by atoms with Gasteiger partial charge < -0.3 is 4.74 Å². The van der Waals surface area contributed by atoms with Gasteiger partial charge in [-0.05, 0) is 17.5 Å². The first-order chi connectivity index (χ1) is 8.20. The van der Waals surface area contributed by atoms with E-state index in [0.29, 0.717) is 5.75 Å². The van der Waals surface area contributed by atoms with E-state index in [9.17, 15) is 9.00 Å². The number of esters is 1. The fraction of sp³-hybridized carbons (Fsp3) is 0.250. The van der Waals surface area contributed by atoms with E-state index in [1.54, 1.807) is 0 Å². The summed E-state index contributed by atoms with van der Waals surface area (Å²) in [5.41, 5.74) is 0. The molecule has 1 aromatic carbocycles. The number of hydrogen-bond acceptors (Lipinski definition) is 4. The molecule has 1 unspecified atom stereocenters. The van der Waals surface area contributed by atoms with Crippen LogP contribution in [0.15, 0.2) is 34.5 Å². The molecule has 2 aromatic rings. The van der Waals surface area contributed by atoms with E-state index >= 15 is 0 Å². The lowest BCUT2D eigenvalue weighted by atomic mass is 10.3. The second kappa shape index (κ2) is 5.42. The molecule has 0 saturated heterocycles. The van der Waals surface area contributed by atoms with Gasteiger partial charge in [-0.25, -0.2) is 0 Å². The molecule has 1 atom stereocenters. The van der Waals surface area contributed by atoms with Gasteiger partial charge in [-0.1, -0.05) is 18.2 Å². The lowest BCUT2D eigenvalue weighted by molar-refractivity contribution is -0.140. The van der Waals surface area contributed by atoms with Crippen molar-refractivity contribution in [3.63, 3.8) is 0 Å². The molecule has 0 amide bonds. The fourth-order valence-corrected chi connectivity index (χ4v) is 3.95. The molecule has 0 N–H and O–H groups in total. The van der Waals surface area contributed by atoms with Crippen LogP contribution in [0.3, 0.4) is 0 Å². The third-order valence-corrected chi connectivity index (χ3v) is 5.21. The summed E-state index contributed by atoms with van der Waals surface area (Å²) in [5, 5.41) is 1.10. The van der Waals surface area contributed by atoms with Crippen molar-refractivity contribution in [2.45, 2.75) is 10.6 Å². The number of rotatable bonds is 4. The van der Waals surface area contributed by atoms with Gasteiger partial charge in [0.25, 0.3) is 0 Å². The quantitative estimate of drug-likeness (QED) is 0.800. The highest BCUT2D eigenvalue weighted by Gasteiger charge is 2.10. The van der Waals surface area contributed by atoms with E-state index in [2.05, 4.69) is 4.74 Å². The number of benzene rings is 1. The Hall–Kier alpha value is -1.20. The monoisotopic (exact) mass is 268 g/mol. The molecule has 0 fully saturated rings. The maximum atomic E-state index is 11.9. The van der Waals surface area contributed by atoms with Crippen molar-refractivity contribution in [1.82, 2.24) is 0 Å². The summed E-state index contributed by atoms with van der Waals surface area (Å²) >= 11 is 1.51. The first-order valence-corrected chi connectivity index (χ1v) is 7.28. The van der Waals surface area contributed by atoms with Crippen LogP contribution in [0, 0.1) is 0 Å². The average molecular weight is 268 g/mol. The summed E-state index contributed by atoms with van der Waals surface area (Å²) in [4.78, 5) is 11.0. The summed E-state index contributed by atoms with van der Waals surface area (Å²) in [5.74, 6) is -0.001000. The second-order valence-electron chi connectivity index (χ2n) is 3.48. The molecule has 1 aromatic heterocycles. The lowest BCUT2D eigenvalue weighted by Crippen LogP contribution is -2.06. The van der Waals surface area contributed by atoms with Crippen LogP contribution in [0.1, 0.15) is 6.42 Å². The Morgan fingerprint density at radius 3 is 2.88 bits per heavy atom. The van der Waals surface area contributed by atoms with Crippen LogP contribution < -0.4 is 0 Å². The van der Waals surface area contributed by atoms with Crippen molar-refractivity contribution in [2.75, 3.05) is 12.9 Å². The molecule has 0 radical (unpaired) electrons. The first-order valence-electron chi connectivity index (χ1n) is 5.14. The topological polar surface area (TPSA) is 43.4 Å². The summed E-state index contributed by atoms with van der Waals surface area (Å²) in [6.45, 7) is 0. The van der Waals surface area contributed by atoms with E-state index < -0.39 is 10.8 Å². The van der Waals surface area contributed by atoms with Gasteiger partial charge >= 0.3 is 5.97 Å². The van der Waals surface area contributed by atoms with Gasteiger partial charge in [0, 0.05) is 10.5 Å². The van der Waals surface area contributed by atoms with Crippen LogP contribution in [0.2, 0.25) is 0 Å². The standard InChI is InChI=1S/C12H12O3S2/c1-15-11(13)6-7-17(14)12-8-9-4-2-3-5-10(9)16-12/h2-5,8H,6-7H2,1H3. The molecule has 0 aliphatic rings. The van der Waals surface area contributed by atoms with Gasteiger partial charge in [0.2, 0.25) is 0 Å². The third-order valence-electron chi connectivity index (χ3n) is 2.35. The molecule has 0 aliphatic carbocycles. The molecule has 0 bridgehead atoms. The third kappa shape index (κ3) is 2.92. The number of ether oxygens (including phenoxy) is 1. The van der Waals surface area contributed by atoms with Gasteiger partial charge in [-0.15, -0.1) is 11.3 Å². The highest BCUT2D eigenvalue weighted by atomic mass is 32.2. The van der Waals surface area contributed by atoms with Gasteiger partial charge in [0.05, 0.1) is 28.5 Å². The van der Waals surface area contributed by atoms with E-state index in [1.165, 1.54) is 18.4 Å². The Labute approximate surface area is 106 Å². The molecule has 0 aliphatic heterocycles. The molecule has 90 valence electrons. The Kier molecular flexibility index (Phi) is 3.91. The minimum Gasteiger partial charge on any atom is -0.469 e. The largest absolute Gasteiger partial charge is 0.469 e. The molecule has 0 saturated carbocycles. The molecular weight excluding hydrogens is 256 g/mol. The number of thiophene rings is 1. The zero-order valence-electron chi connectivity index (χ0n) is 9.34. The van der Waals surface area contributed by atoms with Crippen LogP contribution in [-0.2, 0) is 20.3 Å². The molecule has 2 rings (SSSR count). The average Bonchev–Trinajstić information content (AvgIpc) is 2.79. The Bertz CT molecular complexity index is 527. The molecule has 5 heteroatoms. The minimum atomic E-state index is -1.12. The summed E-state index contributed by atoms with van der Waals surface area (Å²) in [7, 11) is 0.217. The molecular formula is C12H12O3S2. The zero-order chi connectivity index (χ0) is 12.3. The summed E-state index contributed by atoms with van der Waals surface area (Å²) in [6.07, 6.45) is 0.192. The van der Waals surface area contributed by atoms with Crippen molar-refractivity contribution in [3.05, 3.63) is 30.3 Å². The number of hydrogen-bond donors (Lipinski definition) is 0. The van der Waals surface area contributed by atoms with E-state index in [4.69, 9.17) is 0 Å². The summed E-state index contributed by atoms with van der Waals surface area (Å²) < 4.78 is 18.4. The van der Waals surface area contributed by atoms with Crippen molar-refractivity contribution >= 4 is 38.2 Å². The molecule has 3 nitrogen and oxygen atoms in total. The minimum absolute atomic E-state index is 0.192. The summed E-state index contributed by atoms with van der Waals surface area (Å²) in [6, 6.07) is 9.83. The lowest BCUT2D eigenvalue weighted by Gasteiger charge is -1.97. The van der Waals surface area contributed by atoms with E-state index in [0.717, 1.165) is 14.3 Å². The van der Waals surface area contributed by atoms with E-state index in [1.807, 2.05) is 30.3 Å². The first kappa shape index (κ1) is 12.3. The highest BCUT2D eigenvalue weighted by Crippen LogP contribution is 2.27. The maximum Gasteiger partial charge on any atom is 0.306 e. The number of methoxy groups -OCH3 is 1. The van der Waals surface area contributed by atoms with Gasteiger partial charge in [0.1, 0.15) is 0 Å². The van der Waals surface area contributed by atoms with E-state index in [-0.39, 0.29) is 12.4 Å². The van der Waals surface area contributed by atoms with Crippen LogP contribution in [0.25, 0.3) is 10.1 Å². The normalized spacial score (nSPS) is 12.5. The maximum absolute atomic E-state index is 11.9. The zero-order valence-corrected chi connectivity index (χ0v) is 11.0. The Morgan fingerprint density at radius 1 is 1.41 bits per heavy atom. The van der Waals surface area contributed by atoms with Crippen molar-refractivity contribution < 1.29 is 13.7 Å². The predicted octanol–water partition coefficient (Wildman–Crippen LogP) is 2.57. The van der Waals surface area contributed by atoms with Crippen LogP contribution in [0.5, 0.6) is 0 Å². The Morgan fingerprint density at radius 2 is 2.18 bits per heavy atom.